The molecule has 0 aliphatic rings. The first kappa shape index (κ1) is 52.5. The monoisotopic (exact) mass is 936 g/mol. The SMILES string of the molecule is C=CC[Si](CC=C)(CC=C)c1ccc([Si](c2ccc([Si](CC=C)(CC=C)CC=C)cc2)(c2ccc([Si](CC=C)(CC=C)CC=C)cc2)c2ccc([Si](CC=C)(CC=C)CC=C)cc2)cc1. The van der Waals surface area contributed by atoms with Crippen LogP contribution in [0.4, 0.5) is 0 Å². The van der Waals surface area contributed by atoms with Crippen LogP contribution in [0.25, 0.3) is 0 Å². The molecule has 0 aliphatic heterocycles. The zero-order valence-corrected chi connectivity index (χ0v) is 44.6. The van der Waals surface area contributed by atoms with Crippen LogP contribution in [-0.2, 0) is 0 Å². The van der Waals surface area contributed by atoms with Crippen molar-refractivity contribution in [3.63, 3.8) is 0 Å². The second kappa shape index (κ2) is 24.9. The Morgan fingerprint density at radius 3 is 0.415 bits per heavy atom. The van der Waals surface area contributed by atoms with Gasteiger partial charge in [0.2, 0.25) is 0 Å². The third-order valence-electron chi connectivity index (χ3n) is 14.1. The second-order valence-electron chi connectivity index (χ2n) is 18.1. The van der Waals surface area contributed by atoms with Gasteiger partial charge >= 0.3 is 0 Å². The summed E-state index contributed by atoms with van der Waals surface area (Å²) in [6.45, 7) is 50.6. The molecule has 4 rings (SSSR count). The lowest BCUT2D eigenvalue weighted by Crippen LogP contribution is -2.75. The van der Waals surface area contributed by atoms with Crippen molar-refractivity contribution in [1.82, 2.24) is 0 Å². The molecule has 5 heteroatoms. The van der Waals surface area contributed by atoms with E-state index in [-0.39, 0.29) is 0 Å². The van der Waals surface area contributed by atoms with E-state index in [1.165, 1.54) is 41.5 Å². The van der Waals surface area contributed by atoms with E-state index in [0.717, 1.165) is 72.5 Å². The van der Waals surface area contributed by atoms with Gasteiger partial charge in [0, 0.05) is 0 Å². The van der Waals surface area contributed by atoms with Crippen molar-refractivity contribution in [1.29, 1.82) is 0 Å². The van der Waals surface area contributed by atoms with E-state index < -0.39 is 40.4 Å². The van der Waals surface area contributed by atoms with Crippen LogP contribution in [0.3, 0.4) is 0 Å². The van der Waals surface area contributed by atoms with Crippen LogP contribution in [0.5, 0.6) is 0 Å². The lowest BCUT2D eigenvalue weighted by Gasteiger charge is -2.38. The molecule has 0 saturated carbocycles. The lowest BCUT2D eigenvalue weighted by molar-refractivity contribution is 1.38. The highest BCUT2D eigenvalue weighted by atomic mass is 28.3. The normalized spacial score (nSPS) is 11.9. The van der Waals surface area contributed by atoms with E-state index in [4.69, 9.17) is 0 Å². The highest BCUT2D eigenvalue weighted by Gasteiger charge is 2.44. The van der Waals surface area contributed by atoms with E-state index >= 15 is 0 Å². The summed E-state index contributed by atoms with van der Waals surface area (Å²) < 4.78 is 0. The highest BCUT2D eigenvalue weighted by Crippen LogP contribution is 2.27. The summed E-state index contributed by atoms with van der Waals surface area (Å²) in [5, 5.41) is 11.1. The molecule has 0 N–H and O–H groups in total. The predicted octanol–water partition coefficient (Wildman–Crippen LogP) is 11.9. The van der Waals surface area contributed by atoms with Crippen LogP contribution in [0, 0.1) is 0 Å². The molecule has 0 saturated heterocycles. The smallest absolute Gasteiger partial charge is 0.103 e. The predicted molar refractivity (Wildman–Crippen MR) is 312 cm³/mol. The summed E-state index contributed by atoms with van der Waals surface area (Å²) in [4.78, 5) is 0. The van der Waals surface area contributed by atoms with Gasteiger partial charge in [-0.1, -0.05) is 191 Å². The molecule has 4 aromatic carbocycles. The van der Waals surface area contributed by atoms with Gasteiger partial charge < -0.3 is 0 Å². The average molecular weight is 938 g/mol. The first-order valence-corrected chi connectivity index (χ1v) is 35.8. The standard InChI is InChI=1S/C60H76Si5/c1-13-41-61(42-14-2,43-15-3)53-25-33-57(34-26-53)65(58-35-27-54(28-36-58)62(44-16-4,45-17-5)46-18-6,59-37-29-55(30-38-59)63(47-19-7,48-20-8)49-21-9)60-39-31-56(32-40-60)64(50-22-10,51-23-11)52-24-12/h13-40H,1-12,41-52H2. The number of benzene rings is 4. The van der Waals surface area contributed by atoms with E-state index in [1.807, 2.05) is 0 Å². The van der Waals surface area contributed by atoms with Gasteiger partial charge in [-0.25, -0.2) is 0 Å². The molecule has 0 atom stereocenters. The Bertz CT molecular complexity index is 1850. The minimum absolute atomic E-state index is 0.973. The molecule has 0 bridgehead atoms. The zero-order valence-electron chi connectivity index (χ0n) is 39.6. The minimum Gasteiger partial charge on any atom is -0.103 e. The fourth-order valence-corrected chi connectivity index (χ4v) is 30.6. The maximum atomic E-state index is 4.22. The number of rotatable bonds is 32. The summed E-state index contributed by atoms with van der Waals surface area (Å²) in [5.74, 6) is 0. The second-order valence-corrected chi connectivity index (χ2v) is 39.4. The molecular weight excluding hydrogens is 861 g/mol. The Morgan fingerprint density at radius 2 is 0.308 bits per heavy atom. The average Bonchev–Trinajstić information content (AvgIpc) is 3.31. The number of hydrogen-bond acceptors (Lipinski definition) is 0. The minimum atomic E-state index is -3.03. The van der Waals surface area contributed by atoms with E-state index in [0.29, 0.717) is 0 Å². The Balaban J connectivity index is 2.23. The maximum absolute atomic E-state index is 4.22. The first-order valence-electron chi connectivity index (χ1n) is 23.3. The van der Waals surface area contributed by atoms with Gasteiger partial charge in [0.15, 0.2) is 8.07 Å². The molecule has 0 aliphatic carbocycles. The van der Waals surface area contributed by atoms with E-state index in [2.05, 4.69) is 249 Å². The molecule has 0 aromatic heterocycles. The van der Waals surface area contributed by atoms with Crippen molar-refractivity contribution in [2.75, 3.05) is 0 Å². The summed E-state index contributed by atoms with van der Waals surface area (Å²) >= 11 is 0. The molecule has 4 aromatic rings. The third kappa shape index (κ3) is 11.1. The van der Waals surface area contributed by atoms with Gasteiger partial charge in [0.1, 0.15) is 0 Å². The molecule has 0 fully saturated rings. The van der Waals surface area contributed by atoms with Crippen LogP contribution in [0.15, 0.2) is 249 Å². The van der Waals surface area contributed by atoms with Crippen LogP contribution >= 0.6 is 0 Å². The molecule has 65 heavy (non-hydrogen) atoms. The highest BCUT2D eigenvalue weighted by molar-refractivity contribution is 7.20. The van der Waals surface area contributed by atoms with Crippen molar-refractivity contribution >= 4 is 81.9 Å². The largest absolute Gasteiger partial charge is 0.179 e. The number of allylic oxidation sites excluding steroid dienone is 12. The topological polar surface area (TPSA) is 0 Å². The van der Waals surface area contributed by atoms with Gasteiger partial charge in [-0.15, -0.1) is 78.9 Å². The van der Waals surface area contributed by atoms with Gasteiger partial charge in [0.05, 0.1) is 32.3 Å². The zero-order chi connectivity index (χ0) is 47.4. The molecule has 0 unspecified atom stereocenters. The van der Waals surface area contributed by atoms with Crippen LogP contribution < -0.4 is 41.5 Å². The maximum Gasteiger partial charge on any atom is 0.179 e. The van der Waals surface area contributed by atoms with Crippen LogP contribution in [-0.4, -0.2) is 40.4 Å². The van der Waals surface area contributed by atoms with Gasteiger partial charge in [0.25, 0.3) is 0 Å². The van der Waals surface area contributed by atoms with E-state index in [9.17, 15) is 0 Å². The molecule has 0 amide bonds. The van der Waals surface area contributed by atoms with Crippen molar-refractivity contribution < 1.29 is 0 Å². The van der Waals surface area contributed by atoms with Gasteiger partial charge in [-0.3, -0.25) is 0 Å². The molecule has 336 valence electrons. The van der Waals surface area contributed by atoms with Crippen molar-refractivity contribution in [2.24, 2.45) is 0 Å². The Kier molecular flexibility index (Phi) is 20.1. The lowest BCUT2D eigenvalue weighted by atomic mass is 10.3. The molecular formula is C60H76Si5. The van der Waals surface area contributed by atoms with Crippen LogP contribution in [0.1, 0.15) is 0 Å². The Morgan fingerprint density at radius 1 is 0.200 bits per heavy atom. The molecule has 0 radical (unpaired) electrons. The molecule has 0 spiro atoms. The fraction of sp³-hybridized carbons (Fsp3) is 0.200. The summed E-state index contributed by atoms with van der Waals surface area (Å²) in [6.07, 6.45) is 25.3. The molecule has 0 heterocycles. The fourth-order valence-electron chi connectivity index (χ4n) is 11.0. The van der Waals surface area contributed by atoms with E-state index in [1.54, 1.807) is 0 Å². The third-order valence-corrected chi connectivity index (χ3v) is 38.0. The Labute approximate surface area is 400 Å². The number of hydrogen-bond donors (Lipinski definition) is 0. The summed E-state index contributed by atoms with van der Waals surface area (Å²) in [5.41, 5.74) is 0. The van der Waals surface area contributed by atoms with Gasteiger partial charge in [-0.2, -0.15) is 0 Å². The van der Waals surface area contributed by atoms with Gasteiger partial charge in [-0.05, 0) is 93.3 Å². The Hall–Kier alpha value is -5.16. The summed E-state index contributed by atoms with van der Waals surface area (Å²) in [7, 11) is -11.2. The van der Waals surface area contributed by atoms with Crippen molar-refractivity contribution in [3.05, 3.63) is 249 Å². The molecule has 0 nitrogen and oxygen atoms in total. The van der Waals surface area contributed by atoms with Crippen molar-refractivity contribution in [3.8, 4) is 0 Å². The van der Waals surface area contributed by atoms with Crippen LogP contribution in [0.2, 0.25) is 72.5 Å². The first-order chi connectivity index (χ1) is 31.6. The van der Waals surface area contributed by atoms with Crippen molar-refractivity contribution in [2.45, 2.75) is 72.5 Å². The quantitative estimate of drug-likeness (QED) is 0.0260. The summed E-state index contributed by atoms with van der Waals surface area (Å²) in [6, 6.07) is 51.0.